The number of rotatable bonds is 4. The van der Waals surface area contributed by atoms with Gasteiger partial charge in [-0.2, -0.15) is 5.10 Å². The van der Waals surface area contributed by atoms with Crippen molar-refractivity contribution in [1.82, 2.24) is 10.2 Å². The molecular formula is C7H12N2O2. The molecule has 2 N–H and O–H groups in total. The monoisotopic (exact) mass is 156 g/mol. The van der Waals surface area contributed by atoms with Crippen LogP contribution < -0.4 is 0 Å². The SMILES string of the molecule is COC[C@@H](O)Cc1cc[nH]n1. The molecule has 0 aliphatic rings. The molecule has 0 bridgehead atoms. The van der Waals surface area contributed by atoms with Crippen molar-refractivity contribution in [3.63, 3.8) is 0 Å². The van der Waals surface area contributed by atoms with Crippen LogP contribution in [0, 0.1) is 0 Å². The first kappa shape index (κ1) is 8.23. The lowest BCUT2D eigenvalue weighted by molar-refractivity contribution is 0.0644. The van der Waals surface area contributed by atoms with E-state index in [1.807, 2.05) is 6.07 Å². The van der Waals surface area contributed by atoms with Crippen molar-refractivity contribution in [2.24, 2.45) is 0 Å². The van der Waals surface area contributed by atoms with Gasteiger partial charge in [0.25, 0.3) is 0 Å². The molecule has 4 nitrogen and oxygen atoms in total. The summed E-state index contributed by atoms with van der Waals surface area (Å²) in [5.74, 6) is 0. The Labute approximate surface area is 65.2 Å². The zero-order valence-corrected chi connectivity index (χ0v) is 6.45. The number of ether oxygens (including phenoxy) is 1. The highest BCUT2D eigenvalue weighted by Crippen LogP contribution is 1.97. The van der Waals surface area contributed by atoms with Crippen molar-refractivity contribution in [1.29, 1.82) is 0 Å². The molecule has 11 heavy (non-hydrogen) atoms. The van der Waals surface area contributed by atoms with E-state index in [2.05, 4.69) is 10.2 Å². The summed E-state index contributed by atoms with van der Waals surface area (Å²) in [5, 5.41) is 15.8. The molecule has 0 fully saturated rings. The second-order valence-electron chi connectivity index (χ2n) is 2.38. The van der Waals surface area contributed by atoms with E-state index in [0.717, 1.165) is 5.69 Å². The molecule has 1 aromatic rings. The van der Waals surface area contributed by atoms with Gasteiger partial charge in [0.1, 0.15) is 0 Å². The van der Waals surface area contributed by atoms with Crippen molar-refractivity contribution < 1.29 is 9.84 Å². The van der Waals surface area contributed by atoms with E-state index in [9.17, 15) is 5.11 Å². The molecule has 0 saturated heterocycles. The molecule has 0 aliphatic carbocycles. The zero-order chi connectivity index (χ0) is 8.10. The summed E-state index contributed by atoms with van der Waals surface area (Å²) >= 11 is 0. The van der Waals surface area contributed by atoms with E-state index in [0.29, 0.717) is 13.0 Å². The maximum Gasteiger partial charge on any atom is 0.0829 e. The Kier molecular flexibility index (Phi) is 3.07. The van der Waals surface area contributed by atoms with Crippen LogP contribution in [0.5, 0.6) is 0 Å². The maximum absolute atomic E-state index is 9.24. The van der Waals surface area contributed by atoms with Gasteiger partial charge in [-0.25, -0.2) is 0 Å². The molecule has 1 heterocycles. The fourth-order valence-electron chi connectivity index (χ4n) is 0.897. The third-order valence-corrected chi connectivity index (χ3v) is 1.36. The van der Waals surface area contributed by atoms with Crippen LogP contribution in [0.15, 0.2) is 12.3 Å². The molecule has 1 atom stereocenters. The normalized spacial score (nSPS) is 13.3. The van der Waals surface area contributed by atoms with E-state index in [1.165, 1.54) is 0 Å². The number of methoxy groups -OCH3 is 1. The van der Waals surface area contributed by atoms with Gasteiger partial charge in [-0.15, -0.1) is 0 Å². The number of nitrogens with one attached hydrogen (secondary N) is 1. The predicted molar refractivity (Wildman–Crippen MR) is 40.2 cm³/mol. The fourth-order valence-corrected chi connectivity index (χ4v) is 0.897. The number of H-pyrrole nitrogens is 1. The van der Waals surface area contributed by atoms with Gasteiger partial charge in [-0.05, 0) is 6.07 Å². The smallest absolute Gasteiger partial charge is 0.0829 e. The second-order valence-corrected chi connectivity index (χ2v) is 2.38. The number of aromatic nitrogens is 2. The quantitative estimate of drug-likeness (QED) is 0.643. The van der Waals surface area contributed by atoms with Gasteiger partial charge in [0.05, 0.1) is 18.4 Å². The van der Waals surface area contributed by atoms with Gasteiger partial charge in [0.2, 0.25) is 0 Å². The molecular weight excluding hydrogens is 144 g/mol. The van der Waals surface area contributed by atoms with Gasteiger partial charge in [-0.1, -0.05) is 0 Å². The molecule has 4 heteroatoms. The van der Waals surface area contributed by atoms with Crippen LogP contribution in [0.1, 0.15) is 5.69 Å². The molecule has 0 amide bonds. The summed E-state index contributed by atoms with van der Waals surface area (Å²) in [5.41, 5.74) is 0.856. The Bertz CT molecular complexity index is 186. The highest BCUT2D eigenvalue weighted by Gasteiger charge is 2.05. The average Bonchev–Trinajstić information content (AvgIpc) is 2.40. The van der Waals surface area contributed by atoms with Gasteiger partial charge in [0, 0.05) is 19.7 Å². The Morgan fingerprint density at radius 3 is 3.18 bits per heavy atom. The van der Waals surface area contributed by atoms with Crippen molar-refractivity contribution in [3.8, 4) is 0 Å². The molecule has 0 aliphatic heterocycles. The number of aromatic amines is 1. The molecule has 0 aromatic carbocycles. The molecule has 0 unspecified atom stereocenters. The Hall–Kier alpha value is -0.870. The van der Waals surface area contributed by atoms with Crippen LogP contribution in [0.2, 0.25) is 0 Å². The lowest BCUT2D eigenvalue weighted by Crippen LogP contribution is -2.17. The summed E-state index contributed by atoms with van der Waals surface area (Å²) in [4.78, 5) is 0. The minimum atomic E-state index is -0.455. The Balaban J connectivity index is 2.31. The van der Waals surface area contributed by atoms with Crippen molar-refractivity contribution in [3.05, 3.63) is 18.0 Å². The number of hydrogen-bond donors (Lipinski definition) is 2. The highest BCUT2D eigenvalue weighted by atomic mass is 16.5. The average molecular weight is 156 g/mol. The number of nitrogens with zero attached hydrogens (tertiary/aromatic N) is 1. The zero-order valence-electron chi connectivity index (χ0n) is 6.45. The lowest BCUT2D eigenvalue weighted by Gasteiger charge is -2.05. The Morgan fingerprint density at radius 2 is 2.64 bits per heavy atom. The van der Waals surface area contributed by atoms with E-state index < -0.39 is 6.10 Å². The number of hydrogen-bond acceptors (Lipinski definition) is 3. The summed E-state index contributed by atoms with van der Waals surface area (Å²) in [7, 11) is 1.56. The van der Waals surface area contributed by atoms with Crippen LogP contribution in [-0.2, 0) is 11.2 Å². The molecule has 0 saturated carbocycles. The minimum absolute atomic E-state index is 0.354. The number of aliphatic hydroxyl groups is 1. The van der Waals surface area contributed by atoms with Crippen LogP contribution in [0.3, 0.4) is 0 Å². The predicted octanol–water partition coefficient (Wildman–Crippen LogP) is -0.0405. The highest BCUT2D eigenvalue weighted by molar-refractivity contribution is 4.98. The topological polar surface area (TPSA) is 58.1 Å². The van der Waals surface area contributed by atoms with E-state index >= 15 is 0 Å². The molecule has 62 valence electrons. The summed E-state index contributed by atoms with van der Waals surface area (Å²) in [6, 6.07) is 1.83. The molecule has 0 spiro atoms. The standard InChI is InChI=1S/C7H12N2O2/c1-11-5-7(10)4-6-2-3-8-9-6/h2-3,7,10H,4-5H2,1H3,(H,8,9)/t7-/m0/s1. The molecule has 0 radical (unpaired) electrons. The molecule has 1 rings (SSSR count). The molecule has 1 aromatic heterocycles. The first-order chi connectivity index (χ1) is 5.33. The third kappa shape index (κ3) is 2.69. The van der Waals surface area contributed by atoms with E-state index in [1.54, 1.807) is 13.3 Å². The van der Waals surface area contributed by atoms with Crippen LogP contribution in [0.4, 0.5) is 0 Å². The largest absolute Gasteiger partial charge is 0.390 e. The third-order valence-electron chi connectivity index (χ3n) is 1.36. The first-order valence-electron chi connectivity index (χ1n) is 3.48. The van der Waals surface area contributed by atoms with E-state index in [-0.39, 0.29) is 0 Å². The van der Waals surface area contributed by atoms with Crippen molar-refractivity contribution in [2.75, 3.05) is 13.7 Å². The van der Waals surface area contributed by atoms with Crippen molar-refractivity contribution >= 4 is 0 Å². The maximum atomic E-state index is 9.24. The van der Waals surface area contributed by atoms with Crippen LogP contribution in [-0.4, -0.2) is 35.1 Å². The minimum Gasteiger partial charge on any atom is -0.390 e. The number of aliphatic hydroxyl groups excluding tert-OH is 1. The van der Waals surface area contributed by atoms with Gasteiger partial charge >= 0.3 is 0 Å². The lowest BCUT2D eigenvalue weighted by atomic mass is 10.2. The summed E-state index contributed by atoms with van der Waals surface area (Å²) in [6.45, 7) is 0.354. The van der Waals surface area contributed by atoms with Gasteiger partial charge < -0.3 is 9.84 Å². The first-order valence-corrected chi connectivity index (χ1v) is 3.48. The van der Waals surface area contributed by atoms with Gasteiger partial charge in [0.15, 0.2) is 0 Å². The summed E-state index contributed by atoms with van der Waals surface area (Å²) in [6.07, 6.45) is 1.81. The second kappa shape index (κ2) is 4.10. The van der Waals surface area contributed by atoms with E-state index in [4.69, 9.17) is 4.74 Å². The summed E-state index contributed by atoms with van der Waals surface area (Å²) < 4.78 is 4.76. The fraction of sp³-hybridized carbons (Fsp3) is 0.571. The van der Waals surface area contributed by atoms with Gasteiger partial charge in [-0.3, -0.25) is 5.10 Å². The van der Waals surface area contributed by atoms with Crippen LogP contribution in [0.25, 0.3) is 0 Å². The van der Waals surface area contributed by atoms with Crippen LogP contribution >= 0.6 is 0 Å². The van der Waals surface area contributed by atoms with Crippen molar-refractivity contribution in [2.45, 2.75) is 12.5 Å². The Morgan fingerprint density at radius 1 is 1.82 bits per heavy atom.